The molecule has 52 heavy (non-hydrogen) atoms. The highest BCUT2D eigenvalue weighted by Crippen LogP contribution is 2.61. The van der Waals surface area contributed by atoms with Crippen LogP contribution in [0, 0.1) is 10.8 Å². The third-order valence-corrected chi connectivity index (χ3v) is 12.3. The van der Waals surface area contributed by atoms with Gasteiger partial charge in [-0.25, -0.2) is 0 Å². The van der Waals surface area contributed by atoms with E-state index >= 15 is 0 Å². The lowest BCUT2D eigenvalue weighted by atomic mass is 9.63. The molecule has 1 aliphatic carbocycles. The second-order valence-electron chi connectivity index (χ2n) is 15.6. The molecule has 7 rings (SSSR count). The van der Waals surface area contributed by atoms with Gasteiger partial charge in [0.15, 0.2) is 0 Å². The van der Waals surface area contributed by atoms with Gasteiger partial charge in [-0.15, -0.1) is 0 Å². The molecule has 2 aliphatic heterocycles. The maximum Gasteiger partial charge on any atom is 0.309 e. The number of hydrogen-bond donors (Lipinski definition) is 3. The molecular weight excluding hydrogens is 645 g/mol. The smallest absolute Gasteiger partial charge is 0.309 e. The number of benzene rings is 4. The zero-order chi connectivity index (χ0) is 36.7. The lowest BCUT2D eigenvalue weighted by Crippen LogP contribution is -3.11. The summed E-state index contributed by atoms with van der Waals surface area (Å²) in [4.78, 5) is 27.2. The molecule has 1 saturated heterocycles. The van der Waals surface area contributed by atoms with Gasteiger partial charge in [-0.05, 0) is 65.8 Å². The molecule has 1 fully saturated rings. The van der Waals surface area contributed by atoms with Gasteiger partial charge in [0, 0.05) is 39.7 Å². The Labute approximate surface area is 306 Å². The van der Waals surface area contributed by atoms with Gasteiger partial charge < -0.3 is 15.1 Å². The number of allylic oxidation sites excluding steroid dienone is 9. The Morgan fingerprint density at radius 2 is 1.44 bits per heavy atom. The number of carbonyl (C=O) groups is 2. The summed E-state index contributed by atoms with van der Waals surface area (Å²) in [6, 6.07) is 27.8. The summed E-state index contributed by atoms with van der Waals surface area (Å²) >= 11 is 0. The molecular formula is C46H49N2O4+. The minimum Gasteiger partial charge on any atom is -0.481 e. The van der Waals surface area contributed by atoms with Crippen LogP contribution in [0.1, 0.15) is 58.1 Å². The number of carboxylic acids is 2. The molecule has 0 aromatic heterocycles. The average molecular weight is 694 g/mol. The maximum atomic E-state index is 12.1. The Morgan fingerprint density at radius 3 is 2.13 bits per heavy atom. The van der Waals surface area contributed by atoms with Crippen molar-refractivity contribution in [3.05, 3.63) is 150 Å². The summed E-state index contributed by atoms with van der Waals surface area (Å²) in [5.41, 5.74) is 5.35. The van der Waals surface area contributed by atoms with Crippen molar-refractivity contribution >= 4 is 39.2 Å². The van der Waals surface area contributed by atoms with Crippen molar-refractivity contribution in [2.75, 3.05) is 13.1 Å². The summed E-state index contributed by atoms with van der Waals surface area (Å²) in [6.07, 6.45) is 19.0. The first-order valence-corrected chi connectivity index (χ1v) is 18.5. The van der Waals surface area contributed by atoms with Crippen molar-refractivity contribution < 1.29 is 24.7 Å². The number of aliphatic carboxylic acids is 2. The fourth-order valence-corrected chi connectivity index (χ4v) is 9.43. The second-order valence-corrected chi connectivity index (χ2v) is 15.6. The number of nitrogens with zero attached hydrogens (tertiary/aromatic N) is 1. The third-order valence-electron chi connectivity index (χ3n) is 12.3. The summed E-state index contributed by atoms with van der Waals surface area (Å²) < 4.78 is 0. The largest absolute Gasteiger partial charge is 0.481 e. The molecule has 2 heterocycles. The zero-order valence-electron chi connectivity index (χ0n) is 30.6. The first kappa shape index (κ1) is 35.2. The number of carboxylic acid groups (broad SMARTS) is 2. The van der Waals surface area contributed by atoms with E-state index in [0.717, 1.165) is 18.5 Å². The fraction of sp³-hybridized carbons (Fsp3) is 0.304. The Bertz CT molecular complexity index is 2190. The second kappa shape index (κ2) is 13.7. The Morgan fingerprint density at radius 1 is 0.808 bits per heavy atom. The topological polar surface area (TPSA) is 82.3 Å². The molecule has 266 valence electrons. The minimum absolute atomic E-state index is 0.0402. The van der Waals surface area contributed by atoms with Gasteiger partial charge in [0.1, 0.15) is 11.7 Å². The van der Waals surface area contributed by atoms with Crippen molar-refractivity contribution in [1.29, 1.82) is 0 Å². The quantitative estimate of drug-likeness (QED) is 0.108. The molecule has 0 spiro atoms. The molecule has 0 radical (unpaired) electrons. The van der Waals surface area contributed by atoms with Gasteiger partial charge in [-0.2, -0.15) is 0 Å². The number of rotatable bonds is 11. The Balaban J connectivity index is 1.33. The monoisotopic (exact) mass is 693 g/mol. The normalized spacial score (nSPS) is 25.7. The molecule has 4 atom stereocenters. The van der Waals surface area contributed by atoms with Gasteiger partial charge in [0.25, 0.3) is 0 Å². The predicted octanol–water partition coefficient (Wildman–Crippen LogP) is 8.53. The van der Waals surface area contributed by atoms with Crippen LogP contribution in [0.25, 0.3) is 21.5 Å². The molecule has 3 aliphatic rings. The van der Waals surface area contributed by atoms with E-state index in [2.05, 4.69) is 160 Å². The highest BCUT2D eigenvalue weighted by atomic mass is 16.4. The van der Waals surface area contributed by atoms with Crippen molar-refractivity contribution in [1.82, 2.24) is 4.90 Å². The average Bonchev–Trinajstić information content (AvgIpc) is 3.46. The zero-order valence-corrected chi connectivity index (χ0v) is 30.6. The third kappa shape index (κ3) is 5.89. The van der Waals surface area contributed by atoms with Crippen LogP contribution in [0.2, 0.25) is 0 Å². The van der Waals surface area contributed by atoms with Crippen molar-refractivity contribution in [2.24, 2.45) is 10.8 Å². The van der Waals surface area contributed by atoms with Crippen LogP contribution >= 0.6 is 0 Å². The highest BCUT2D eigenvalue weighted by Gasteiger charge is 2.55. The molecule has 4 unspecified atom stereocenters. The summed E-state index contributed by atoms with van der Waals surface area (Å²) in [6.45, 7) is 10.1. The van der Waals surface area contributed by atoms with Crippen LogP contribution in [0.4, 0.5) is 5.69 Å². The van der Waals surface area contributed by atoms with Crippen molar-refractivity contribution in [2.45, 2.75) is 64.8 Å². The van der Waals surface area contributed by atoms with Crippen LogP contribution in [0.15, 0.2) is 139 Å². The van der Waals surface area contributed by atoms with E-state index in [4.69, 9.17) is 0 Å². The predicted molar refractivity (Wildman–Crippen MR) is 210 cm³/mol. The fourth-order valence-electron chi connectivity index (χ4n) is 9.43. The van der Waals surface area contributed by atoms with Gasteiger partial charge in [0.2, 0.25) is 0 Å². The van der Waals surface area contributed by atoms with Gasteiger partial charge in [-0.1, -0.05) is 124 Å². The molecule has 0 bridgehead atoms. The SMILES string of the molecule is CC1(Cc2ccccc2)c2c(c3ccccc3c3ccccc23)[NH+](CCC(=O)O)C1/C=C/C=C/C=C1/N(CCC(=O)O)C2=CC=CCC2(C)C1(C)C. The highest BCUT2D eigenvalue weighted by molar-refractivity contribution is 6.14. The van der Waals surface area contributed by atoms with E-state index in [-0.39, 0.29) is 35.1 Å². The lowest BCUT2D eigenvalue weighted by Gasteiger charge is -2.38. The lowest BCUT2D eigenvalue weighted by molar-refractivity contribution is -0.849. The van der Waals surface area contributed by atoms with Crippen LogP contribution in [-0.4, -0.2) is 46.2 Å². The van der Waals surface area contributed by atoms with E-state index in [1.54, 1.807) is 0 Å². The Hall–Kier alpha value is -5.20. The summed E-state index contributed by atoms with van der Waals surface area (Å²) in [7, 11) is 0. The van der Waals surface area contributed by atoms with E-state index < -0.39 is 11.9 Å². The maximum absolute atomic E-state index is 12.1. The van der Waals surface area contributed by atoms with Gasteiger partial charge >= 0.3 is 11.9 Å². The molecule has 6 nitrogen and oxygen atoms in total. The van der Waals surface area contributed by atoms with Gasteiger partial charge in [-0.3, -0.25) is 14.5 Å². The van der Waals surface area contributed by atoms with E-state index in [1.165, 1.54) is 49.0 Å². The van der Waals surface area contributed by atoms with Crippen molar-refractivity contribution in [3.8, 4) is 0 Å². The summed E-state index contributed by atoms with van der Waals surface area (Å²) in [5, 5.41) is 24.3. The van der Waals surface area contributed by atoms with E-state index in [0.29, 0.717) is 13.1 Å². The van der Waals surface area contributed by atoms with E-state index in [1.807, 2.05) is 0 Å². The number of hydrogen-bond acceptors (Lipinski definition) is 3. The number of fused-ring (bicyclic) bond motifs is 7. The molecule has 6 heteroatoms. The molecule has 4 aromatic rings. The number of likely N-dealkylation sites (tertiary alicyclic amines) is 1. The van der Waals surface area contributed by atoms with Crippen LogP contribution < -0.4 is 4.90 Å². The molecule has 3 N–H and O–H groups in total. The minimum atomic E-state index is -0.803. The van der Waals surface area contributed by atoms with Crippen molar-refractivity contribution in [3.63, 3.8) is 0 Å². The van der Waals surface area contributed by atoms with Crippen LogP contribution in [0.3, 0.4) is 0 Å². The molecule has 4 aromatic carbocycles. The molecule has 0 amide bonds. The first-order chi connectivity index (χ1) is 25.0. The first-order valence-electron chi connectivity index (χ1n) is 18.5. The van der Waals surface area contributed by atoms with Crippen LogP contribution in [-0.2, 0) is 21.4 Å². The van der Waals surface area contributed by atoms with Crippen LogP contribution in [0.5, 0.6) is 0 Å². The van der Waals surface area contributed by atoms with E-state index in [9.17, 15) is 19.8 Å². The Kier molecular flexibility index (Phi) is 9.30. The molecule has 0 saturated carbocycles. The number of nitrogens with one attached hydrogen (secondary N) is 1. The standard InChI is InChI=1S/C46H48N2O4/c1-44(2)37(47(29-26-40(49)50)39-25-15-16-28-46(39,44)4)23-9-6-10-24-38-45(3,31-32-17-7-5-8-18-32)42-35-21-13-11-19-33(35)34-20-12-14-22-36(34)43(42)48(38)30-27-41(51)52/h5-25,38H,26-31H2,1-4H3,(H,49,50)(H,51,52)/p+1/b9-6+,24-10+,37-23+. The number of quaternary nitrogens is 1. The van der Waals surface area contributed by atoms with Gasteiger partial charge in [0.05, 0.1) is 24.8 Å². The summed E-state index contributed by atoms with van der Waals surface area (Å²) in [5.74, 6) is -1.60.